The molecular weight excluding hydrogens is 383 g/mol. The fourth-order valence-electron chi connectivity index (χ4n) is 3.87. The summed E-state index contributed by atoms with van der Waals surface area (Å²) in [5.41, 5.74) is 1.73. The van der Waals surface area contributed by atoms with Crippen molar-refractivity contribution >= 4 is 28.5 Å². The number of nitrogens with zero attached hydrogens (tertiary/aromatic N) is 4. The van der Waals surface area contributed by atoms with Crippen molar-refractivity contribution in [2.45, 2.75) is 31.3 Å². The Balaban J connectivity index is 1.43. The van der Waals surface area contributed by atoms with Crippen molar-refractivity contribution in [3.8, 4) is 11.4 Å². The molecule has 0 saturated carbocycles. The molecule has 1 saturated heterocycles. The van der Waals surface area contributed by atoms with E-state index < -0.39 is 0 Å². The van der Waals surface area contributed by atoms with Gasteiger partial charge in [-0.25, -0.2) is 14.2 Å². The molecule has 2 atom stereocenters. The molecule has 0 radical (unpaired) electrons. The summed E-state index contributed by atoms with van der Waals surface area (Å²) < 4.78 is 18.7. The molecule has 28 heavy (non-hydrogen) atoms. The van der Waals surface area contributed by atoms with Crippen LogP contribution in [0.1, 0.15) is 29.5 Å². The van der Waals surface area contributed by atoms with Gasteiger partial charge in [-0.2, -0.15) is 4.98 Å². The van der Waals surface area contributed by atoms with E-state index in [2.05, 4.69) is 30.7 Å². The van der Waals surface area contributed by atoms with E-state index in [1.807, 2.05) is 0 Å². The van der Waals surface area contributed by atoms with E-state index in [9.17, 15) is 9.18 Å². The number of hydrogen-bond acceptors (Lipinski definition) is 7. The molecule has 0 aliphatic carbocycles. The van der Waals surface area contributed by atoms with Crippen molar-refractivity contribution in [3.05, 3.63) is 40.7 Å². The highest BCUT2D eigenvalue weighted by Gasteiger charge is 2.44. The number of aromatic nitrogens is 3. The van der Waals surface area contributed by atoms with Crippen LogP contribution in [-0.2, 0) is 6.42 Å². The molecule has 5 rings (SSSR count). The van der Waals surface area contributed by atoms with Crippen LogP contribution in [0.2, 0.25) is 0 Å². The zero-order chi connectivity index (χ0) is 19.3. The minimum absolute atomic E-state index is 0.105. The summed E-state index contributed by atoms with van der Waals surface area (Å²) in [7, 11) is 1.57. The first-order valence-electron chi connectivity index (χ1n) is 8.98. The van der Waals surface area contributed by atoms with Gasteiger partial charge in [-0.05, 0) is 37.1 Å². The molecule has 2 N–H and O–H groups in total. The fourth-order valence-corrected chi connectivity index (χ4v) is 5.00. The Hall–Kier alpha value is -3.01. The molecule has 2 bridgehead atoms. The zero-order valence-corrected chi connectivity index (χ0v) is 15.8. The average molecular weight is 400 g/mol. The second kappa shape index (κ2) is 6.55. The van der Waals surface area contributed by atoms with Gasteiger partial charge in [0, 0.05) is 25.1 Å². The molecule has 144 valence electrons. The normalized spacial score (nSPS) is 20.1. The Morgan fingerprint density at radius 3 is 2.89 bits per heavy atom. The van der Waals surface area contributed by atoms with Gasteiger partial charge in [-0.3, -0.25) is 5.32 Å². The summed E-state index contributed by atoms with van der Waals surface area (Å²) in [5.74, 6) is 0.131. The maximum atomic E-state index is 13.1. The molecule has 2 amide bonds. The quantitative estimate of drug-likeness (QED) is 0.700. The smallest absolute Gasteiger partial charge is 0.325 e. The molecule has 1 fully saturated rings. The SMILES string of the molecule is CNC(=O)Nc1nc2c(s1)[C@@H]1CC[C@H](C2)N1c1nc(-c2ccc(F)cc2)no1. The van der Waals surface area contributed by atoms with Crippen molar-refractivity contribution in [2.24, 2.45) is 0 Å². The van der Waals surface area contributed by atoms with Crippen LogP contribution in [0.5, 0.6) is 0 Å². The predicted octanol–water partition coefficient (Wildman–Crippen LogP) is 3.35. The fraction of sp³-hybridized carbons (Fsp3) is 0.333. The molecule has 2 aromatic heterocycles. The van der Waals surface area contributed by atoms with Crippen molar-refractivity contribution < 1.29 is 13.7 Å². The number of rotatable bonds is 3. The van der Waals surface area contributed by atoms with Crippen molar-refractivity contribution in [1.29, 1.82) is 0 Å². The van der Waals surface area contributed by atoms with Crippen LogP contribution >= 0.6 is 11.3 Å². The van der Waals surface area contributed by atoms with Gasteiger partial charge in [0.25, 0.3) is 0 Å². The largest absolute Gasteiger partial charge is 0.341 e. The number of thiazole rings is 1. The van der Waals surface area contributed by atoms with Gasteiger partial charge >= 0.3 is 12.0 Å². The highest BCUT2D eigenvalue weighted by Crippen LogP contribution is 2.48. The van der Waals surface area contributed by atoms with Crippen LogP contribution in [0, 0.1) is 5.82 Å². The van der Waals surface area contributed by atoms with Crippen molar-refractivity contribution in [1.82, 2.24) is 20.4 Å². The number of amides is 2. The summed E-state index contributed by atoms with van der Waals surface area (Å²) in [6.45, 7) is 0. The number of nitrogens with one attached hydrogen (secondary N) is 2. The third-order valence-corrected chi connectivity index (χ3v) is 6.26. The maximum Gasteiger partial charge on any atom is 0.325 e. The van der Waals surface area contributed by atoms with E-state index in [4.69, 9.17) is 4.52 Å². The topological polar surface area (TPSA) is 96.2 Å². The highest BCUT2D eigenvalue weighted by molar-refractivity contribution is 7.16. The van der Waals surface area contributed by atoms with Gasteiger partial charge in [0.2, 0.25) is 5.82 Å². The molecule has 2 aliphatic heterocycles. The van der Waals surface area contributed by atoms with Gasteiger partial charge in [0.15, 0.2) is 5.13 Å². The molecular formula is C18H17FN6O2S. The van der Waals surface area contributed by atoms with Crippen LogP contribution in [0.25, 0.3) is 11.4 Å². The molecule has 4 heterocycles. The van der Waals surface area contributed by atoms with E-state index in [1.54, 1.807) is 19.2 Å². The number of carbonyl (C=O) groups is 1. The summed E-state index contributed by atoms with van der Waals surface area (Å²) in [6.07, 6.45) is 2.75. The lowest BCUT2D eigenvalue weighted by atomic mass is 10.1. The van der Waals surface area contributed by atoms with Crippen LogP contribution in [0.15, 0.2) is 28.8 Å². The van der Waals surface area contributed by atoms with Crippen LogP contribution in [0.3, 0.4) is 0 Å². The van der Waals surface area contributed by atoms with Crippen LogP contribution in [0.4, 0.5) is 20.3 Å². The lowest BCUT2D eigenvalue weighted by Crippen LogP contribution is -2.37. The average Bonchev–Trinajstić information content (AvgIpc) is 3.39. The van der Waals surface area contributed by atoms with Gasteiger partial charge in [0.1, 0.15) is 5.82 Å². The summed E-state index contributed by atoms with van der Waals surface area (Å²) in [4.78, 5) is 24.0. The van der Waals surface area contributed by atoms with Gasteiger partial charge in [-0.15, -0.1) is 0 Å². The third-order valence-electron chi connectivity index (χ3n) is 5.15. The first-order valence-corrected chi connectivity index (χ1v) is 9.80. The first kappa shape index (κ1) is 17.1. The Bertz CT molecular complexity index is 1030. The van der Waals surface area contributed by atoms with E-state index in [0.717, 1.165) is 29.8 Å². The Morgan fingerprint density at radius 1 is 1.29 bits per heavy atom. The van der Waals surface area contributed by atoms with E-state index in [0.29, 0.717) is 22.5 Å². The highest BCUT2D eigenvalue weighted by atomic mass is 32.1. The molecule has 0 unspecified atom stereocenters. The number of anilines is 2. The molecule has 10 heteroatoms. The Morgan fingerprint density at radius 2 is 2.11 bits per heavy atom. The molecule has 2 aliphatic rings. The van der Waals surface area contributed by atoms with Crippen molar-refractivity contribution in [3.63, 3.8) is 0 Å². The number of hydrogen-bond donors (Lipinski definition) is 2. The summed E-state index contributed by atoms with van der Waals surface area (Å²) >= 11 is 1.49. The minimum atomic E-state index is -0.305. The van der Waals surface area contributed by atoms with Gasteiger partial charge in [-0.1, -0.05) is 16.5 Å². The number of benzene rings is 1. The molecule has 0 spiro atoms. The first-order chi connectivity index (χ1) is 13.6. The van der Waals surface area contributed by atoms with Gasteiger partial charge in [0.05, 0.1) is 16.6 Å². The number of carbonyl (C=O) groups excluding carboxylic acids is 1. The lowest BCUT2D eigenvalue weighted by Gasteiger charge is -2.31. The van der Waals surface area contributed by atoms with E-state index in [1.165, 1.54) is 23.5 Å². The molecule has 8 nitrogen and oxygen atoms in total. The van der Waals surface area contributed by atoms with Crippen LogP contribution < -0.4 is 15.5 Å². The number of halogens is 1. The zero-order valence-electron chi connectivity index (χ0n) is 15.0. The van der Waals surface area contributed by atoms with Crippen LogP contribution in [-0.4, -0.2) is 34.2 Å². The minimum Gasteiger partial charge on any atom is -0.341 e. The third kappa shape index (κ3) is 2.80. The second-order valence-corrected chi connectivity index (χ2v) is 7.83. The van der Waals surface area contributed by atoms with E-state index >= 15 is 0 Å². The number of fused-ring (bicyclic) bond motifs is 4. The van der Waals surface area contributed by atoms with Gasteiger partial charge < -0.3 is 14.7 Å². The molecule has 3 aromatic rings. The summed E-state index contributed by atoms with van der Waals surface area (Å²) in [6, 6.07) is 6.53. The monoisotopic (exact) mass is 400 g/mol. The second-order valence-electron chi connectivity index (χ2n) is 6.80. The number of urea groups is 1. The predicted molar refractivity (Wildman–Crippen MR) is 102 cm³/mol. The van der Waals surface area contributed by atoms with E-state index in [-0.39, 0.29) is 23.9 Å². The Labute approximate surface area is 163 Å². The lowest BCUT2D eigenvalue weighted by molar-refractivity contribution is 0.254. The molecule has 1 aromatic carbocycles. The Kier molecular flexibility index (Phi) is 4.00. The maximum absolute atomic E-state index is 13.1. The van der Waals surface area contributed by atoms with Crippen molar-refractivity contribution in [2.75, 3.05) is 17.3 Å². The standard InChI is InChI=1S/C18H17FN6O2S/c1-20-16(26)23-17-21-12-8-11-6-7-13(14(12)28-17)25(11)18-22-15(24-27-18)9-2-4-10(19)5-3-9/h2-5,11,13H,6-8H2,1H3,(H2,20,21,23,26)/t11-,13+/m1/s1. The summed E-state index contributed by atoms with van der Waals surface area (Å²) in [5, 5.41) is 9.95.